The molecule has 0 aromatic heterocycles. The zero-order valence-electron chi connectivity index (χ0n) is 8.48. The lowest BCUT2D eigenvalue weighted by molar-refractivity contribution is 0.263. The van der Waals surface area contributed by atoms with Crippen LogP contribution in [0, 0.1) is 0 Å². The highest BCUT2D eigenvalue weighted by Gasteiger charge is 2.37. The van der Waals surface area contributed by atoms with E-state index in [1.165, 1.54) is 25.5 Å². The van der Waals surface area contributed by atoms with Gasteiger partial charge in [-0.05, 0) is 12.8 Å². The van der Waals surface area contributed by atoms with Crippen LogP contribution < -0.4 is 0 Å². The number of fused-ring (bicyclic) bond motifs is 1. The van der Waals surface area contributed by atoms with Crippen LogP contribution >= 0.6 is 11.8 Å². The normalized spacial score (nSPS) is 35.2. The average Bonchev–Trinajstić information content (AvgIpc) is 2.15. The summed E-state index contributed by atoms with van der Waals surface area (Å²) in [6.07, 6.45) is 6.06. The fraction of sp³-hybridized carbons (Fsp3) is 1.00. The fourth-order valence-electron chi connectivity index (χ4n) is 2.47. The highest BCUT2D eigenvalue weighted by molar-refractivity contribution is 8.00. The number of thioether (sulfide) groups is 1. The smallest absolute Gasteiger partial charge is 0.211 e. The van der Waals surface area contributed by atoms with Crippen LogP contribution in [-0.4, -0.2) is 42.6 Å². The first-order chi connectivity index (χ1) is 6.59. The minimum atomic E-state index is -2.98. The number of hydrogen-bond donors (Lipinski definition) is 0. The van der Waals surface area contributed by atoms with Gasteiger partial charge in [0, 0.05) is 23.6 Å². The maximum absolute atomic E-state index is 11.6. The van der Waals surface area contributed by atoms with Crippen LogP contribution in [0.5, 0.6) is 0 Å². The molecular formula is C9H17NO2S2. The third-order valence-electron chi connectivity index (χ3n) is 3.11. The molecule has 1 aliphatic heterocycles. The van der Waals surface area contributed by atoms with Crippen molar-refractivity contribution in [2.45, 2.75) is 37.0 Å². The number of nitrogens with zero attached hydrogens (tertiary/aromatic N) is 1. The van der Waals surface area contributed by atoms with Gasteiger partial charge in [0.05, 0.1) is 6.26 Å². The van der Waals surface area contributed by atoms with Crippen molar-refractivity contribution in [2.75, 3.05) is 18.6 Å². The summed E-state index contributed by atoms with van der Waals surface area (Å²) in [5.41, 5.74) is 0. The molecule has 82 valence electrons. The molecule has 0 aromatic rings. The molecule has 0 N–H and O–H groups in total. The minimum absolute atomic E-state index is 0.289. The van der Waals surface area contributed by atoms with Gasteiger partial charge in [0.1, 0.15) is 0 Å². The van der Waals surface area contributed by atoms with Crippen molar-refractivity contribution in [1.29, 1.82) is 0 Å². The number of hydrogen-bond acceptors (Lipinski definition) is 3. The summed E-state index contributed by atoms with van der Waals surface area (Å²) in [6, 6.07) is 0.289. The fourth-order valence-corrected chi connectivity index (χ4v) is 5.28. The second kappa shape index (κ2) is 4.02. The highest BCUT2D eigenvalue weighted by Crippen LogP contribution is 2.36. The summed E-state index contributed by atoms with van der Waals surface area (Å²) in [6.45, 7) is 0.713. The first kappa shape index (κ1) is 10.8. The topological polar surface area (TPSA) is 37.4 Å². The third kappa shape index (κ3) is 2.09. The molecule has 2 rings (SSSR count). The van der Waals surface area contributed by atoms with Crippen molar-refractivity contribution in [3.63, 3.8) is 0 Å². The van der Waals surface area contributed by atoms with Crippen LogP contribution in [0.2, 0.25) is 0 Å². The molecule has 1 saturated carbocycles. The minimum Gasteiger partial charge on any atom is -0.212 e. The summed E-state index contributed by atoms with van der Waals surface area (Å²) in [4.78, 5) is 0. The summed E-state index contributed by atoms with van der Waals surface area (Å²) < 4.78 is 24.8. The maximum Gasteiger partial charge on any atom is 0.211 e. The largest absolute Gasteiger partial charge is 0.212 e. The molecule has 5 heteroatoms. The van der Waals surface area contributed by atoms with E-state index in [0.717, 1.165) is 12.2 Å². The van der Waals surface area contributed by atoms with Gasteiger partial charge in [-0.25, -0.2) is 8.42 Å². The highest BCUT2D eigenvalue weighted by atomic mass is 32.2. The Labute approximate surface area is 90.3 Å². The summed E-state index contributed by atoms with van der Waals surface area (Å²) >= 11 is 1.96. The van der Waals surface area contributed by atoms with E-state index in [-0.39, 0.29) is 6.04 Å². The molecule has 0 bridgehead atoms. The molecule has 0 amide bonds. The zero-order chi connectivity index (χ0) is 10.2. The Morgan fingerprint density at radius 1 is 1.29 bits per heavy atom. The van der Waals surface area contributed by atoms with Gasteiger partial charge < -0.3 is 0 Å². The van der Waals surface area contributed by atoms with Gasteiger partial charge in [-0.3, -0.25) is 0 Å². The van der Waals surface area contributed by atoms with Crippen LogP contribution in [0.3, 0.4) is 0 Å². The predicted octanol–water partition coefficient (Wildman–Crippen LogP) is 1.31. The molecule has 14 heavy (non-hydrogen) atoms. The Balaban J connectivity index is 2.17. The van der Waals surface area contributed by atoms with Crippen molar-refractivity contribution in [3.05, 3.63) is 0 Å². The van der Waals surface area contributed by atoms with Crippen molar-refractivity contribution >= 4 is 21.8 Å². The summed E-state index contributed by atoms with van der Waals surface area (Å²) in [5.74, 6) is 0.967. The quantitative estimate of drug-likeness (QED) is 0.687. The Kier molecular flexibility index (Phi) is 3.09. The SMILES string of the molecule is CS(=O)(=O)N1CCSC2CCCCC21. The van der Waals surface area contributed by atoms with Crippen molar-refractivity contribution in [3.8, 4) is 0 Å². The first-order valence-corrected chi connectivity index (χ1v) is 8.07. The Bertz CT molecular complexity index is 300. The van der Waals surface area contributed by atoms with Gasteiger partial charge in [0.2, 0.25) is 10.0 Å². The Hall–Kier alpha value is 0.260. The molecule has 2 unspecified atom stereocenters. The lowest BCUT2D eigenvalue weighted by atomic mass is 9.95. The van der Waals surface area contributed by atoms with Gasteiger partial charge in [-0.1, -0.05) is 12.8 Å². The van der Waals surface area contributed by atoms with Crippen molar-refractivity contribution in [1.82, 2.24) is 4.31 Å². The molecule has 0 radical (unpaired) electrons. The lowest BCUT2D eigenvalue weighted by Crippen LogP contribution is -2.51. The van der Waals surface area contributed by atoms with E-state index < -0.39 is 10.0 Å². The maximum atomic E-state index is 11.6. The predicted molar refractivity (Wildman–Crippen MR) is 60.1 cm³/mol. The van der Waals surface area contributed by atoms with Gasteiger partial charge in [-0.15, -0.1) is 0 Å². The van der Waals surface area contributed by atoms with Gasteiger partial charge >= 0.3 is 0 Å². The molecule has 2 atom stereocenters. The van der Waals surface area contributed by atoms with Crippen LogP contribution in [0.1, 0.15) is 25.7 Å². The molecule has 2 aliphatic rings. The molecule has 0 aromatic carbocycles. The van der Waals surface area contributed by atoms with Crippen molar-refractivity contribution < 1.29 is 8.42 Å². The second-order valence-corrected chi connectivity index (χ2v) is 7.42. The second-order valence-electron chi connectivity index (χ2n) is 4.13. The van der Waals surface area contributed by atoms with E-state index in [4.69, 9.17) is 0 Å². The molecular weight excluding hydrogens is 218 g/mol. The lowest BCUT2D eigenvalue weighted by Gasteiger charge is -2.42. The van der Waals surface area contributed by atoms with Crippen LogP contribution in [-0.2, 0) is 10.0 Å². The first-order valence-electron chi connectivity index (χ1n) is 5.17. The van der Waals surface area contributed by atoms with Gasteiger partial charge in [0.25, 0.3) is 0 Å². The summed E-state index contributed by atoms with van der Waals surface area (Å²) in [5, 5.41) is 0.562. The van der Waals surface area contributed by atoms with E-state index >= 15 is 0 Å². The Morgan fingerprint density at radius 3 is 2.71 bits per heavy atom. The molecule has 3 nitrogen and oxygen atoms in total. The average molecular weight is 235 g/mol. The van der Waals surface area contributed by atoms with Crippen molar-refractivity contribution in [2.24, 2.45) is 0 Å². The molecule has 1 heterocycles. The van der Waals surface area contributed by atoms with E-state index in [1.807, 2.05) is 11.8 Å². The standard InChI is InChI=1S/C9H17NO2S2/c1-14(11,12)10-6-7-13-9-5-3-2-4-8(9)10/h8-9H,2-7H2,1H3. The van der Waals surface area contributed by atoms with E-state index in [2.05, 4.69) is 0 Å². The summed E-state index contributed by atoms with van der Waals surface area (Å²) in [7, 11) is -2.98. The number of sulfonamides is 1. The third-order valence-corrected chi connectivity index (χ3v) is 5.81. The van der Waals surface area contributed by atoms with Crippen LogP contribution in [0.4, 0.5) is 0 Å². The molecule has 1 aliphatic carbocycles. The van der Waals surface area contributed by atoms with E-state index in [9.17, 15) is 8.42 Å². The molecule has 0 spiro atoms. The van der Waals surface area contributed by atoms with E-state index in [0.29, 0.717) is 11.8 Å². The van der Waals surface area contributed by atoms with Crippen LogP contribution in [0.25, 0.3) is 0 Å². The molecule has 2 fully saturated rings. The van der Waals surface area contributed by atoms with E-state index in [1.54, 1.807) is 4.31 Å². The monoisotopic (exact) mass is 235 g/mol. The van der Waals surface area contributed by atoms with Gasteiger partial charge in [-0.2, -0.15) is 16.1 Å². The Morgan fingerprint density at radius 2 is 2.00 bits per heavy atom. The molecule has 1 saturated heterocycles. The van der Waals surface area contributed by atoms with Gasteiger partial charge in [0.15, 0.2) is 0 Å². The number of rotatable bonds is 1. The zero-order valence-corrected chi connectivity index (χ0v) is 10.1. The van der Waals surface area contributed by atoms with Crippen LogP contribution in [0.15, 0.2) is 0 Å².